The van der Waals surface area contributed by atoms with E-state index in [1.807, 2.05) is 13.0 Å². The molecule has 1 N–H and O–H groups in total. The van der Waals surface area contributed by atoms with Gasteiger partial charge in [0, 0.05) is 22.7 Å². The van der Waals surface area contributed by atoms with Crippen molar-refractivity contribution in [2.24, 2.45) is 0 Å². The number of halogens is 3. The lowest BCUT2D eigenvalue weighted by molar-refractivity contribution is -0.138. The molecule has 4 aromatic rings. The lowest BCUT2D eigenvalue weighted by atomic mass is 10.1. The van der Waals surface area contributed by atoms with Gasteiger partial charge in [-0.15, -0.1) is 0 Å². The van der Waals surface area contributed by atoms with Crippen molar-refractivity contribution < 1.29 is 32.2 Å². The van der Waals surface area contributed by atoms with E-state index in [9.17, 15) is 18.0 Å². The minimum absolute atomic E-state index is 0.0832. The van der Waals surface area contributed by atoms with Crippen molar-refractivity contribution in [3.05, 3.63) is 71.2 Å². The second-order valence-electron chi connectivity index (χ2n) is 7.40. The zero-order valence-corrected chi connectivity index (χ0v) is 17.2. The van der Waals surface area contributed by atoms with Gasteiger partial charge < -0.3 is 18.8 Å². The van der Waals surface area contributed by atoms with Crippen molar-refractivity contribution in [2.45, 2.75) is 33.2 Å². The summed E-state index contributed by atoms with van der Waals surface area (Å²) >= 11 is 0. The number of hydrogen-bond donors (Lipinski definition) is 1. The number of fused-ring (bicyclic) bond motifs is 1. The molecule has 0 saturated heterocycles. The molecule has 4 rings (SSSR count). The third-order valence-electron chi connectivity index (χ3n) is 5.08. The molecule has 2 aromatic heterocycles. The predicted octanol–water partition coefficient (Wildman–Crippen LogP) is 5.60. The molecule has 32 heavy (non-hydrogen) atoms. The summed E-state index contributed by atoms with van der Waals surface area (Å²) in [5.74, 6) is 0.319. The highest BCUT2D eigenvalue weighted by Crippen LogP contribution is 2.32. The summed E-state index contributed by atoms with van der Waals surface area (Å²) in [6, 6.07) is 9.96. The smallest absolute Gasteiger partial charge is 0.416 e. The van der Waals surface area contributed by atoms with E-state index in [0.717, 1.165) is 28.6 Å². The number of ether oxygens (including phenoxy) is 1. The minimum atomic E-state index is -4.40. The van der Waals surface area contributed by atoms with Gasteiger partial charge >= 0.3 is 12.1 Å². The molecule has 0 spiro atoms. The number of carbonyl (C=O) groups is 1. The molecule has 0 aliphatic carbocycles. The number of alkyl halides is 3. The molecule has 2 heterocycles. The van der Waals surface area contributed by atoms with Crippen molar-refractivity contribution in [3.63, 3.8) is 0 Å². The molecule has 0 unspecified atom stereocenters. The number of aromatic nitrogens is 2. The van der Waals surface area contributed by atoms with Gasteiger partial charge in [-0.05, 0) is 61.9 Å². The molecule has 166 valence electrons. The van der Waals surface area contributed by atoms with Gasteiger partial charge in [-0.1, -0.05) is 0 Å². The summed E-state index contributed by atoms with van der Waals surface area (Å²) in [5.41, 5.74) is 1.98. The Morgan fingerprint density at radius 2 is 1.88 bits per heavy atom. The molecule has 0 amide bonds. The van der Waals surface area contributed by atoms with E-state index in [-0.39, 0.29) is 19.0 Å². The van der Waals surface area contributed by atoms with Gasteiger partial charge in [0.15, 0.2) is 5.76 Å². The van der Waals surface area contributed by atoms with Gasteiger partial charge in [-0.2, -0.15) is 13.2 Å². The second kappa shape index (κ2) is 8.07. The first-order chi connectivity index (χ1) is 15.1. The van der Waals surface area contributed by atoms with Gasteiger partial charge in [0.25, 0.3) is 0 Å². The molecule has 6 nitrogen and oxygen atoms in total. The average Bonchev–Trinajstić information content (AvgIpc) is 3.25. The Kier molecular flexibility index (Phi) is 5.41. The van der Waals surface area contributed by atoms with Crippen LogP contribution in [0.15, 0.2) is 53.1 Å². The van der Waals surface area contributed by atoms with Crippen LogP contribution in [0.4, 0.5) is 13.2 Å². The van der Waals surface area contributed by atoms with Crippen LogP contribution in [-0.2, 0) is 24.1 Å². The highest BCUT2D eigenvalue weighted by Gasteiger charge is 2.30. The molecule has 0 fully saturated rings. The van der Waals surface area contributed by atoms with E-state index in [1.54, 1.807) is 29.8 Å². The third-order valence-corrected chi connectivity index (χ3v) is 5.08. The van der Waals surface area contributed by atoms with Crippen LogP contribution in [0.3, 0.4) is 0 Å². The summed E-state index contributed by atoms with van der Waals surface area (Å²) < 4.78 is 51.5. The number of hydrogen-bond acceptors (Lipinski definition) is 4. The van der Waals surface area contributed by atoms with Crippen molar-refractivity contribution in [3.8, 4) is 17.2 Å². The van der Waals surface area contributed by atoms with Crippen molar-refractivity contribution in [2.75, 3.05) is 0 Å². The summed E-state index contributed by atoms with van der Waals surface area (Å²) in [5, 5.41) is 9.93. The van der Waals surface area contributed by atoms with E-state index in [4.69, 9.17) is 14.3 Å². The number of carboxylic acid groups (broad SMARTS) is 1. The molecule has 9 heteroatoms. The van der Waals surface area contributed by atoms with Gasteiger partial charge in [0.1, 0.15) is 18.9 Å². The molecular formula is C23H19F3N2O4. The maximum atomic E-state index is 12.7. The Morgan fingerprint density at radius 3 is 2.53 bits per heavy atom. The van der Waals surface area contributed by atoms with Crippen LogP contribution >= 0.6 is 0 Å². The zero-order chi connectivity index (χ0) is 23.0. The molecule has 0 atom stereocenters. The molecule has 0 saturated carbocycles. The summed E-state index contributed by atoms with van der Waals surface area (Å²) in [4.78, 5) is 15.3. The van der Waals surface area contributed by atoms with Crippen molar-refractivity contribution >= 4 is 16.9 Å². The maximum Gasteiger partial charge on any atom is 0.416 e. The lowest BCUT2D eigenvalue weighted by Crippen LogP contribution is -2.07. The van der Waals surface area contributed by atoms with E-state index < -0.39 is 17.7 Å². The Hall–Kier alpha value is -3.75. The van der Waals surface area contributed by atoms with Crippen molar-refractivity contribution in [1.82, 2.24) is 9.55 Å². The molecule has 0 aliphatic heterocycles. The average molecular weight is 444 g/mol. The van der Waals surface area contributed by atoms with Crippen molar-refractivity contribution in [1.29, 1.82) is 0 Å². The fourth-order valence-electron chi connectivity index (χ4n) is 3.46. The topological polar surface area (TPSA) is 77.5 Å². The van der Waals surface area contributed by atoms with Crippen LogP contribution in [0.1, 0.15) is 22.6 Å². The predicted molar refractivity (Wildman–Crippen MR) is 110 cm³/mol. The first-order valence-electron chi connectivity index (χ1n) is 9.70. The number of nitrogens with zero attached hydrogens (tertiary/aromatic N) is 2. The fraction of sp³-hybridized carbons (Fsp3) is 0.217. The highest BCUT2D eigenvalue weighted by atomic mass is 19.4. The Labute approximate surface area is 180 Å². The molecular weight excluding hydrogens is 425 g/mol. The van der Waals surface area contributed by atoms with Gasteiger partial charge in [-0.25, -0.2) is 4.98 Å². The van der Waals surface area contributed by atoms with E-state index >= 15 is 0 Å². The first-order valence-corrected chi connectivity index (χ1v) is 9.70. The van der Waals surface area contributed by atoms with Crippen LogP contribution in [0.2, 0.25) is 0 Å². The number of benzene rings is 2. The second-order valence-corrected chi connectivity index (χ2v) is 7.40. The fourth-order valence-corrected chi connectivity index (χ4v) is 3.46. The number of rotatable bonds is 6. The Bertz CT molecular complexity index is 1290. The van der Waals surface area contributed by atoms with E-state index in [2.05, 4.69) is 4.98 Å². The summed E-state index contributed by atoms with van der Waals surface area (Å²) in [6.07, 6.45) is -2.63. The Morgan fingerprint density at radius 1 is 1.16 bits per heavy atom. The Balaban J connectivity index is 1.51. The SMILES string of the molecule is Cc1nc(-c2ccc(C(F)(F)F)cc2)oc1COc1ccc2c(c1)c(C)cn2CC(=O)O. The maximum absolute atomic E-state index is 12.7. The standard InChI is InChI=1S/C23H19F3N2O4/c1-13-10-28(11-21(29)30)19-8-7-17(9-18(13)19)31-12-20-14(2)27-22(32-20)15-3-5-16(6-4-15)23(24,25)26/h3-10H,11-12H2,1-2H3,(H,29,30). The normalized spacial score (nSPS) is 11.8. The quantitative estimate of drug-likeness (QED) is 0.419. The monoisotopic (exact) mass is 444 g/mol. The number of carboxylic acids is 1. The molecule has 0 aliphatic rings. The minimum Gasteiger partial charge on any atom is -0.486 e. The van der Waals surface area contributed by atoms with Gasteiger partial charge in [0.05, 0.1) is 11.3 Å². The van der Waals surface area contributed by atoms with Crippen LogP contribution in [-0.4, -0.2) is 20.6 Å². The largest absolute Gasteiger partial charge is 0.486 e. The van der Waals surface area contributed by atoms with Gasteiger partial charge in [0.2, 0.25) is 5.89 Å². The summed E-state index contributed by atoms with van der Waals surface area (Å²) in [7, 11) is 0. The third kappa shape index (κ3) is 4.32. The van der Waals surface area contributed by atoms with Crippen LogP contribution in [0.25, 0.3) is 22.4 Å². The molecule has 0 bridgehead atoms. The molecule has 0 radical (unpaired) electrons. The van der Waals surface area contributed by atoms with Crippen LogP contribution in [0, 0.1) is 13.8 Å². The lowest BCUT2D eigenvalue weighted by Gasteiger charge is -2.07. The molecule has 2 aromatic carbocycles. The van der Waals surface area contributed by atoms with E-state index in [0.29, 0.717) is 22.8 Å². The van der Waals surface area contributed by atoms with Crippen LogP contribution in [0.5, 0.6) is 5.75 Å². The number of aliphatic carboxylic acids is 1. The first kappa shape index (κ1) is 21.5. The van der Waals surface area contributed by atoms with E-state index in [1.165, 1.54) is 12.1 Å². The zero-order valence-electron chi connectivity index (χ0n) is 17.2. The highest BCUT2D eigenvalue weighted by molar-refractivity contribution is 5.86. The van der Waals surface area contributed by atoms with Gasteiger partial charge in [-0.3, -0.25) is 4.79 Å². The number of oxazole rings is 1. The summed E-state index contributed by atoms with van der Waals surface area (Å²) in [6.45, 7) is 3.57. The van der Waals surface area contributed by atoms with Crippen LogP contribution < -0.4 is 4.74 Å². The number of aryl methyl sites for hydroxylation is 2.